The van der Waals surface area contributed by atoms with Gasteiger partial charge in [-0.05, 0) is 46.8 Å². The molecule has 2 rings (SSSR count). The first kappa shape index (κ1) is 17.5. The van der Waals surface area contributed by atoms with Gasteiger partial charge in [-0.1, -0.05) is 0 Å². The number of carbonyl (C=O) groups is 1. The lowest BCUT2D eigenvalue weighted by Gasteiger charge is -2.35. The van der Waals surface area contributed by atoms with Crippen molar-refractivity contribution < 1.29 is 19.0 Å². The maximum Gasteiger partial charge on any atom is 0.413 e. The number of nitrogens with zero attached hydrogens (tertiary/aromatic N) is 1. The molecule has 0 aromatic carbocycles. The highest BCUT2D eigenvalue weighted by molar-refractivity contribution is 5.83. The lowest BCUT2D eigenvalue weighted by atomic mass is 10.2. The first-order valence-electron chi connectivity index (χ1n) is 7.63. The smallest absolute Gasteiger partial charge is 0.413 e. The Morgan fingerprint density at radius 3 is 2.48 bits per heavy atom. The summed E-state index contributed by atoms with van der Waals surface area (Å²) < 4.78 is 16.4. The minimum Gasteiger partial charge on any atom is -0.444 e. The van der Waals surface area contributed by atoms with Crippen LogP contribution in [0.25, 0.3) is 0 Å². The van der Waals surface area contributed by atoms with E-state index < -0.39 is 17.5 Å². The Kier molecular flexibility index (Phi) is 5.11. The van der Waals surface area contributed by atoms with Crippen LogP contribution in [0, 0.1) is 0 Å². The SMILES string of the molecule is CC(C)(C)OC(=O)Nc1ccc(NC2COC(C)(C)OC2)cn1. The van der Waals surface area contributed by atoms with E-state index in [4.69, 9.17) is 14.2 Å². The van der Waals surface area contributed by atoms with E-state index in [1.807, 2.05) is 40.7 Å². The predicted octanol–water partition coefficient (Wildman–Crippen LogP) is 2.99. The van der Waals surface area contributed by atoms with Gasteiger partial charge < -0.3 is 19.5 Å². The van der Waals surface area contributed by atoms with Crippen LogP contribution < -0.4 is 10.6 Å². The Balaban J connectivity index is 1.84. The lowest BCUT2D eigenvalue weighted by molar-refractivity contribution is -0.247. The molecule has 7 heteroatoms. The van der Waals surface area contributed by atoms with Gasteiger partial charge in [0.25, 0.3) is 0 Å². The molecule has 1 aromatic rings. The largest absolute Gasteiger partial charge is 0.444 e. The van der Waals surface area contributed by atoms with Crippen molar-refractivity contribution in [2.75, 3.05) is 23.8 Å². The number of aromatic nitrogens is 1. The Labute approximate surface area is 136 Å². The molecule has 2 N–H and O–H groups in total. The number of hydrogen-bond donors (Lipinski definition) is 2. The quantitative estimate of drug-likeness (QED) is 0.890. The third-order valence-corrected chi connectivity index (χ3v) is 3.03. The third-order valence-electron chi connectivity index (χ3n) is 3.03. The van der Waals surface area contributed by atoms with E-state index in [0.717, 1.165) is 5.69 Å². The number of pyridine rings is 1. The second-order valence-electron chi connectivity index (χ2n) is 6.92. The molecule has 0 unspecified atom stereocenters. The zero-order valence-electron chi connectivity index (χ0n) is 14.3. The van der Waals surface area contributed by atoms with Gasteiger partial charge in [0.05, 0.1) is 31.1 Å². The molecule has 23 heavy (non-hydrogen) atoms. The van der Waals surface area contributed by atoms with E-state index in [2.05, 4.69) is 15.6 Å². The summed E-state index contributed by atoms with van der Waals surface area (Å²) in [6.45, 7) is 10.3. The lowest BCUT2D eigenvalue weighted by Crippen LogP contribution is -2.45. The molecule has 0 aliphatic carbocycles. The molecule has 128 valence electrons. The molecule has 0 spiro atoms. The van der Waals surface area contributed by atoms with Gasteiger partial charge >= 0.3 is 6.09 Å². The molecule has 1 aromatic heterocycles. The number of ether oxygens (including phenoxy) is 3. The number of rotatable bonds is 3. The molecule has 7 nitrogen and oxygen atoms in total. The summed E-state index contributed by atoms with van der Waals surface area (Å²) in [4.78, 5) is 15.9. The highest BCUT2D eigenvalue weighted by Crippen LogP contribution is 2.20. The Bertz CT molecular complexity index is 527. The van der Waals surface area contributed by atoms with Gasteiger partial charge in [0.2, 0.25) is 0 Å². The number of anilines is 2. The van der Waals surface area contributed by atoms with Crippen LogP contribution in [-0.4, -0.2) is 41.7 Å². The maximum atomic E-state index is 11.7. The van der Waals surface area contributed by atoms with E-state index >= 15 is 0 Å². The van der Waals surface area contributed by atoms with Gasteiger partial charge in [-0.3, -0.25) is 5.32 Å². The average molecular weight is 323 g/mol. The number of amides is 1. The normalized spacial score (nSPS) is 18.3. The van der Waals surface area contributed by atoms with Crippen molar-refractivity contribution in [1.82, 2.24) is 4.98 Å². The fraction of sp³-hybridized carbons (Fsp3) is 0.625. The molecule has 2 heterocycles. The summed E-state index contributed by atoms with van der Waals surface area (Å²) in [6.07, 6.45) is 1.12. The van der Waals surface area contributed by atoms with Crippen LogP contribution in [0.5, 0.6) is 0 Å². The molecule has 1 fully saturated rings. The van der Waals surface area contributed by atoms with E-state index in [1.54, 1.807) is 12.3 Å². The third kappa shape index (κ3) is 6.03. The van der Waals surface area contributed by atoms with Crippen LogP contribution in [0.2, 0.25) is 0 Å². The van der Waals surface area contributed by atoms with Crippen LogP contribution in [0.1, 0.15) is 34.6 Å². The first-order valence-corrected chi connectivity index (χ1v) is 7.63. The molecule has 1 saturated heterocycles. The first-order chi connectivity index (χ1) is 10.6. The maximum absolute atomic E-state index is 11.7. The van der Waals surface area contributed by atoms with Crippen LogP contribution in [0.15, 0.2) is 18.3 Å². The number of carbonyl (C=O) groups excluding carboxylic acids is 1. The summed E-state index contributed by atoms with van der Waals surface area (Å²) in [5.74, 6) is -0.0977. The minimum absolute atomic E-state index is 0.0643. The average Bonchev–Trinajstić information content (AvgIpc) is 2.41. The highest BCUT2D eigenvalue weighted by Gasteiger charge is 2.28. The molecule has 1 aliphatic heterocycles. The molecule has 1 aliphatic rings. The number of hydrogen-bond acceptors (Lipinski definition) is 6. The van der Waals surface area contributed by atoms with Gasteiger partial charge in [-0.2, -0.15) is 0 Å². The standard InChI is InChI=1S/C16H25N3O4/c1-15(2,3)23-14(20)19-13-7-6-11(8-17-13)18-12-9-21-16(4,5)22-10-12/h6-8,12,18H,9-10H2,1-5H3,(H,17,19,20). The molecule has 0 bridgehead atoms. The van der Waals surface area contributed by atoms with Crippen LogP contribution >= 0.6 is 0 Å². The summed E-state index contributed by atoms with van der Waals surface area (Å²) in [6, 6.07) is 3.61. The monoisotopic (exact) mass is 323 g/mol. The van der Waals surface area contributed by atoms with Crippen molar-refractivity contribution in [3.05, 3.63) is 18.3 Å². The van der Waals surface area contributed by atoms with Gasteiger partial charge in [0, 0.05) is 0 Å². The van der Waals surface area contributed by atoms with Gasteiger partial charge in [0.15, 0.2) is 5.79 Å². The zero-order chi connectivity index (χ0) is 17.1. The second-order valence-corrected chi connectivity index (χ2v) is 6.92. The summed E-state index contributed by atoms with van der Waals surface area (Å²) in [5.41, 5.74) is 0.289. The molecule has 0 radical (unpaired) electrons. The Morgan fingerprint density at radius 1 is 1.30 bits per heavy atom. The Hall–Kier alpha value is -1.86. The summed E-state index contributed by atoms with van der Waals surface area (Å²) >= 11 is 0. The second kappa shape index (κ2) is 6.72. The fourth-order valence-corrected chi connectivity index (χ4v) is 1.97. The van der Waals surface area contributed by atoms with E-state index in [0.29, 0.717) is 19.0 Å². The highest BCUT2D eigenvalue weighted by atomic mass is 16.7. The predicted molar refractivity (Wildman–Crippen MR) is 87.5 cm³/mol. The molecule has 0 atom stereocenters. The molecular formula is C16H25N3O4. The molecular weight excluding hydrogens is 298 g/mol. The summed E-state index contributed by atoms with van der Waals surface area (Å²) in [5, 5.41) is 5.87. The van der Waals surface area contributed by atoms with E-state index in [9.17, 15) is 4.79 Å². The minimum atomic E-state index is -0.541. The van der Waals surface area contributed by atoms with Crippen LogP contribution in [0.4, 0.5) is 16.3 Å². The van der Waals surface area contributed by atoms with Crippen LogP contribution in [-0.2, 0) is 14.2 Å². The zero-order valence-corrected chi connectivity index (χ0v) is 14.3. The van der Waals surface area contributed by atoms with Crippen molar-refractivity contribution in [2.45, 2.75) is 52.0 Å². The van der Waals surface area contributed by atoms with Crippen molar-refractivity contribution in [2.24, 2.45) is 0 Å². The van der Waals surface area contributed by atoms with E-state index in [1.165, 1.54) is 0 Å². The molecule has 1 amide bonds. The van der Waals surface area contributed by atoms with Crippen molar-refractivity contribution >= 4 is 17.6 Å². The van der Waals surface area contributed by atoms with Crippen molar-refractivity contribution in [1.29, 1.82) is 0 Å². The van der Waals surface area contributed by atoms with Gasteiger partial charge in [-0.15, -0.1) is 0 Å². The number of nitrogens with one attached hydrogen (secondary N) is 2. The topological polar surface area (TPSA) is 81.7 Å². The Morgan fingerprint density at radius 2 is 1.96 bits per heavy atom. The van der Waals surface area contributed by atoms with Crippen molar-refractivity contribution in [3.8, 4) is 0 Å². The van der Waals surface area contributed by atoms with Crippen LogP contribution in [0.3, 0.4) is 0 Å². The van der Waals surface area contributed by atoms with Gasteiger partial charge in [0.1, 0.15) is 11.4 Å². The van der Waals surface area contributed by atoms with Gasteiger partial charge in [-0.25, -0.2) is 9.78 Å². The summed E-state index contributed by atoms with van der Waals surface area (Å²) in [7, 11) is 0. The van der Waals surface area contributed by atoms with Crippen molar-refractivity contribution in [3.63, 3.8) is 0 Å². The van der Waals surface area contributed by atoms with E-state index in [-0.39, 0.29) is 6.04 Å². The molecule has 0 saturated carbocycles. The fourth-order valence-electron chi connectivity index (χ4n) is 1.97.